The molecule has 1 amide bonds. The Balaban J connectivity index is 1.54. The second-order valence-electron chi connectivity index (χ2n) is 6.06. The molecule has 1 aliphatic heterocycles. The summed E-state index contributed by atoms with van der Waals surface area (Å²) in [7, 11) is 0. The van der Waals surface area contributed by atoms with Gasteiger partial charge in [-0.05, 0) is 48.7 Å². The van der Waals surface area contributed by atoms with E-state index < -0.39 is 0 Å². The first kappa shape index (κ1) is 18.1. The molecule has 7 nitrogen and oxygen atoms in total. The summed E-state index contributed by atoms with van der Waals surface area (Å²) in [5.41, 5.74) is 1.66. The molecule has 1 aromatic heterocycles. The molecular formula is C20H17N3O4S. The summed E-state index contributed by atoms with van der Waals surface area (Å²) in [4.78, 5) is 25.6. The third-order valence-electron chi connectivity index (χ3n) is 4.18. The van der Waals surface area contributed by atoms with Gasteiger partial charge in [-0.25, -0.2) is 4.68 Å². The Morgan fingerprint density at radius 2 is 2.00 bits per heavy atom. The molecule has 0 spiro atoms. The second kappa shape index (κ2) is 7.77. The molecule has 0 saturated heterocycles. The number of carbonyl (C=O) groups is 1. The van der Waals surface area contributed by atoms with Crippen molar-refractivity contribution in [1.29, 1.82) is 0 Å². The van der Waals surface area contributed by atoms with E-state index in [0.29, 0.717) is 22.9 Å². The number of fused-ring (bicyclic) bond motifs is 1. The van der Waals surface area contributed by atoms with E-state index in [1.165, 1.54) is 6.07 Å². The minimum Gasteiger partial charge on any atom is -0.454 e. The highest BCUT2D eigenvalue weighted by atomic mass is 32.2. The van der Waals surface area contributed by atoms with E-state index in [-0.39, 0.29) is 24.8 Å². The molecule has 0 aliphatic carbocycles. The van der Waals surface area contributed by atoms with Crippen LogP contribution in [0.3, 0.4) is 0 Å². The van der Waals surface area contributed by atoms with Crippen molar-refractivity contribution in [2.75, 3.05) is 18.4 Å². The van der Waals surface area contributed by atoms with Crippen molar-refractivity contribution in [1.82, 2.24) is 9.78 Å². The molecule has 0 atom stereocenters. The molecule has 142 valence electrons. The maximum atomic E-state index is 12.4. The monoisotopic (exact) mass is 395 g/mol. The minimum absolute atomic E-state index is 0.180. The quantitative estimate of drug-likeness (QED) is 0.669. The van der Waals surface area contributed by atoms with Crippen LogP contribution in [-0.4, -0.2) is 28.7 Å². The molecule has 0 radical (unpaired) electrons. The van der Waals surface area contributed by atoms with E-state index in [0.717, 1.165) is 15.1 Å². The largest absolute Gasteiger partial charge is 0.454 e. The van der Waals surface area contributed by atoms with Gasteiger partial charge >= 0.3 is 0 Å². The van der Waals surface area contributed by atoms with Crippen LogP contribution in [-0.2, 0) is 11.3 Å². The van der Waals surface area contributed by atoms with Gasteiger partial charge in [0.05, 0.1) is 5.69 Å². The van der Waals surface area contributed by atoms with Gasteiger partial charge in [-0.2, -0.15) is 5.10 Å². The van der Waals surface area contributed by atoms with Gasteiger partial charge in [0, 0.05) is 22.2 Å². The predicted molar refractivity (Wildman–Crippen MR) is 107 cm³/mol. The molecule has 3 aromatic rings. The first-order valence-electron chi connectivity index (χ1n) is 8.54. The van der Waals surface area contributed by atoms with Gasteiger partial charge in [0.2, 0.25) is 12.7 Å². The van der Waals surface area contributed by atoms with Crippen LogP contribution in [0.1, 0.15) is 0 Å². The average Bonchev–Trinajstić information content (AvgIpc) is 3.17. The van der Waals surface area contributed by atoms with Crippen LogP contribution in [0.5, 0.6) is 11.5 Å². The highest BCUT2D eigenvalue weighted by Gasteiger charge is 2.15. The lowest BCUT2D eigenvalue weighted by Crippen LogP contribution is -2.29. The highest BCUT2D eigenvalue weighted by Crippen LogP contribution is 2.35. The number of anilines is 1. The first-order chi connectivity index (χ1) is 13.6. The lowest BCUT2D eigenvalue weighted by Gasteiger charge is -2.09. The zero-order valence-corrected chi connectivity index (χ0v) is 15.9. The Morgan fingerprint density at radius 3 is 2.86 bits per heavy atom. The summed E-state index contributed by atoms with van der Waals surface area (Å²) in [6.45, 7) is 0.00431. The molecule has 2 heterocycles. The SMILES string of the molecule is CSc1cccc(NC(=O)Cn2nc(-c3ccc4c(c3)OCO4)ccc2=O)c1. The Labute approximate surface area is 165 Å². The lowest BCUT2D eigenvalue weighted by atomic mass is 10.1. The van der Waals surface area contributed by atoms with Crippen molar-refractivity contribution in [3.05, 3.63) is 65.0 Å². The smallest absolute Gasteiger partial charge is 0.267 e. The van der Waals surface area contributed by atoms with Crippen LogP contribution in [0, 0.1) is 0 Å². The summed E-state index contributed by atoms with van der Waals surface area (Å²) >= 11 is 1.59. The van der Waals surface area contributed by atoms with Crippen LogP contribution in [0.15, 0.2) is 64.3 Å². The number of nitrogens with one attached hydrogen (secondary N) is 1. The maximum Gasteiger partial charge on any atom is 0.267 e. The molecule has 2 aromatic carbocycles. The van der Waals surface area contributed by atoms with Crippen molar-refractivity contribution in [3.63, 3.8) is 0 Å². The summed E-state index contributed by atoms with van der Waals surface area (Å²) in [5.74, 6) is 0.975. The van der Waals surface area contributed by atoms with Gasteiger partial charge < -0.3 is 14.8 Å². The Morgan fingerprint density at radius 1 is 1.14 bits per heavy atom. The van der Waals surface area contributed by atoms with Crippen LogP contribution < -0.4 is 20.3 Å². The summed E-state index contributed by atoms with van der Waals surface area (Å²) < 4.78 is 11.8. The third-order valence-corrected chi connectivity index (χ3v) is 4.91. The van der Waals surface area contributed by atoms with Gasteiger partial charge in [-0.3, -0.25) is 9.59 Å². The molecule has 4 rings (SSSR count). The number of amides is 1. The van der Waals surface area contributed by atoms with Crippen LogP contribution in [0.2, 0.25) is 0 Å². The fraction of sp³-hybridized carbons (Fsp3) is 0.150. The molecule has 0 bridgehead atoms. The Hall–Kier alpha value is -3.26. The number of ether oxygens (including phenoxy) is 2. The number of hydrogen-bond acceptors (Lipinski definition) is 6. The normalized spacial score (nSPS) is 12.0. The van der Waals surface area contributed by atoms with Crippen molar-refractivity contribution >= 4 is 23.4 Å². The number of rotatable bonds is 5. The van der Waals surface area contributed by atoms with Gasteiger partial charge in [-0.15, -0.1) is 11.8 Å². The number of nitrogens with zero attached hydrogens (tertiary/aromatic N) is 2. The zero-order valence-electron chi connectivity index (χ0n) is 15.0. The summed E-state index contributed by atoms with van der Waals surface area (Å²) in [6.07, 6.45) is 1.96. The van der Waals surface area contributed by atoms with E-state index in [1.54, 1.807) is 36.0 Å². The third kappa shape index (κ3) is 3.86. The minimum atomic E-state index is -0.350. The number of thioether (sulfide) groups is 1. The Bertz CT molecular complexity index is 1100. The Kier molecular flexibility index (Phi) is 5.03. The fourth-order valence-corrected chi connectivity index (χ4v) is 3.27. The van der Waals surface area contributed by atoms with Gasteiger partial charge in [-0.1, -0.05) is 6.07 Å². The van der Waals surface area contributed by atoms with E-state index in [4.69, 9.17) is 9.47 Å². The number of hydrogen-bond donors (Lipinski definition) is 1. The molecule has 0 saturated carbocycles. The summed E-state index contributed by atoms with van der Waals surface area (Å²) in [6, 6.07) is 15.9. The van der Waals surface area contributed by atoms with Gasteiger partial charge in [0.15, 0.2) is 11.5 Å². The van der Waals surface area contributed by atoms with E-state index >= 15 is 0 Å². The fourth-order valence-electron chi connectivity index (χ4n) is 2.81. The van der Waals surface area contributed by atoms with Crippen molar-refractivity contribution in [2.24, 2.45) is 0 Å². The highest BCUT2D eigenvalue weighted by molar-refractivity contribution is 7.98. The molecule has 28 heavy (non-hydrogen) atoms. The van der Waals surface area contributed by atoms with E-state index in [2.05, 4.69) is 10.4 Å². The number of benzene rings is 2. The van der Waals surface area contributed by atoms with Gasteiger partial charge in [0.1, 0.15) is 6.54 Å². The molecule has 0 fully saturated rings. The van der Waals surface area contributed by atoms with Crippen molar-refractivity contribution in [2.45, 2.75) is 11.4 Å². The average molecular weight is 395 g/mol. The molecule has 1 aliphatic rings. The summed E-state index contributed by atoms with van der Waals surface area (Å²) in [5, 5.41) is 7.12. The van der Waals surface area contributed by atoms with E-state index in [1.807, 2.05) is 30.5 Å². The second-order valence-corrected chi connectivity index (χ2v) is 6.94. The number of aromatic nitrogens is 2. The zero-order chi connectivity index (χ0) is 19.5. The van der Waals surface area contributed by atoms with Crippen LogP contribution >= 0.6 is 11.8 Å². The first-order valence-corrected chi connectivity index (χ1v) is 9.77. The number of carbonyl (C=O) groups excluding carboxylic acids is 1. The van der Waals surface area contributed by atoms with Crippen LogP contribution in [0.4, 0.5) is 5.69 Å². The van der Waals surface area contributed by atoms with Crippen molar-refractivity contribution < 1.29 is 14.3 Å². The van der Waals surface area contributed by atoms with Gasteiger partial charge in [0.25, 0.3) is 5.56 Å². The lowest BCUT2D eigenvalue weighted by molar-refractivity contribution is -0.117. The van der Waals surface area contributed by atoms with E-state index in [9.17, 15) is 9.59 Å². The van der Waals surface area contributed by atoms with Crippen LogP contribution in [0.25, 0.3) is 11.3 Å². The van der Waals surface area contributed by atoms with Crippen molar-refractivity contribution in [3.8, 4) is 22.8 Å². The molecule has 1 N–H and O–H groups in total. The molecule has 8 heteroatoms. The standard InChI is InChI=1S/C20H17N3O4S/c1-28-15-4-2-3-14(10-15)21-19(24)11-23-20(25)8-6-16(22-23)13-5-7-17-18(9-13)27-12-26-17/h2-10H,11-12H2,1H3,(H,21,24). The topological polar surface area (TPSA) is 82.5 Å². The maximum absolute atomic E-state index is 12.4. The molecular weight excluding hydrogens is 378 g/mol. The molecule has 0 unspecified atom stereocenters. The predicted octanol–water partition coefficient (Wildman–Crippen LogP) is 3.00.